The van der Waals surface area contributed by atoms with Gasteiger partial charge in [-0.15, -0.1) is 0 Å². The van der Waals surface area contributed by atoms with Gasteiger partial charge in [-0.05, 0) is 24.6 Å². The van der Waals surface area contributed by atoms with E-state index in [0.717, 1.165) is 12.8 Å². The maximum atomic E-state index is 12.5. The zero-order valence-corrected chi connectivity index (χ0v) is 12.5. The Balaban J connectivity index is 3.17. The molecular formula is C13H20N2O4S. The molecule has 0 amide bonds. The third-order valence-corrected chi connectivity index (χ3v) is 5.04. The summed E-state index contributed by atoms with van der Waals surface area (Å²) in [5.74, 6) is -1.14. The number of hydrogen-bond donors (Lipinski definition) is 2. The van der Waals surface area contributed by atoms with E-state index in [0.29, 0.717) is 13.1 Å². The monoisotopic (exact) mass is 300 g/mol. The first-order valence-electron chi connectivity index (χ1n) is 6.47. The topological polar surface area (TPSA) is 101 Å². The predicted molar refractivity (Wildman–Crippen MR) is 77.2 cm³/mol. The summed E-state index contributed by atoms with van der Waals surface area (Å²) in [6.45, 7) is 4.52. The number of aromatic carboxylic acids is 1. The first-order valence-corrected chi connectivity index (χ1v) is 7.91. The summed E-state index contributed by atoms with van der Waals surface area (Å²) in [4.78, 5) is 10.8. The van der Waals surface area contributed by atoms with Crippen LogP contribution in [0.2, 0.25) is 0 Å². The van der Waals surface area contributed by atoms with Crippen molar-refractivity contribution in [2.24, 2.45) is 0 Å². The summed E-state index contributed by atoms with van der Waals surface area (Å²) in [5.41, 5.74) is 5.63. The molecule has 0 aliphatic rings. The molecule has 0 saturated carbocycles. The van der Waals surface area contributed by atoms with Crippen LogP contribution in [0.1, 0.15) is 37.0 Å². The molecule has 0 fully saturated rings. The van der Waals surface area contributed by atoms with Gasteiger partial charge in [-0.25, -0.2) is 13.2 Å². The number of nitrogen functional groups attached to an aromatic ring is 1. The molecule has 112 valence electrons. The molecule has 0 spiro atoms. The van der Waals surface area contributed by atoms with Crippen LogP contribution in [0.15, 0.2) is 23.1 Å². The molecule has 0 heterocycles. The van der Waals surface area contributed by atoms with Crippen LogP contribution in [0.25, 0.3) is 0 Å². The molecule has 7 heteroatoms. The minimum Gasteiger partial charge on any atom is -0.478 e. The second-order valence-corrected chi connectivity index (χ2v) is 6.31. The number of carboxylic acid groups (broad SMARTS) is 1. The molecule has 0 saturated heterocycles. The summed E-state index contributed by atoms with van der Waals surface area (Å²) < 4.78 is 26.3. The number of nitrogens with two attached hydrogens (primary N) is 1. The Bertz CT molecular complexity index is 584. The lowest BCUT2D eigenvalue weighted by Gasteiger charge is -2.21. The Morgan fingerprint density at radius 3 is 2.45 bits per heavy atom. The van der Waals surface area contributed by atoms with Gasteiger partial charge in [0.05, 0.1) is 11.3 Å². The number of anilines is 1. The molecule has 20 heavy (non-hydrogen) atoms. The van der Waals surface area contributed by atoms with Crippen molar-refractivity contribution in [1.82, 2.24) is 4.31 Å². The Morgan fingerprint density at radius 2 is 2.00 bits per heavy atom. The molecule has 3 N–H and O–H groups in total. The van der Waals surface area contributed by atoms with Crippen LogP contribution in [0.4, 0.5) is 5.69 Å². The summed E-state index contributed by atoms with van der Waals surface area (Å²) >= 11 is 0. The molecule has 1 aromatic carbocycles. The van der Waals surface area contributed by atoms with Crippen molar-refractivity contribution in [3.8, 4) is 0 Å². The number of carbonyl (C=O) groups is 1. The highest BCUT2D eigenvalue weighted by molar-refractivity contribution is 7.89. The highest BCUT2D eigenvalue weighted by atomic mass is 32.2. The number of rotatable bonds is 7. The van der Waals surface area contributed by atoms with E-state index in [4.69, 9.17) is 10.8 Å². The highest BCUT2D eigenvalue weighted by Gasteiger charge is 2.25. The van der Waals surface area contributed by atoms with Crippen molar-refractivity contribution in [3.05, 3.63) is 23.8 Å². The van der Waals surface area contributed by atoms with Gasteiger partial charge >= 0.3 is 5.97 Å². The van der Waals surface area contributed by atoms with Gasteiger partial charge in [0.2, 0.25) is 10.0 Å². The first-order chi connectivity index (χ1) is 9.34. The van der Waals surface area contributed by atoms with Crippen LogP contribution < -0.4 is 5.73 Å². The van der Waals surface area contributed by atoms with Crippen LogP contribution in [0.5, 0.6) is 0 Å². The van der Waals surface area contributed by atoms with Crippen LogP contribution in [0, 0.1) is 0 Å². The molecule has 0 bridgehead atoms. The van der Waals surface area contributed by atoms with E-state index in [-0.39, 0.29) is 16.1 Å². The minimum absolute atomic E-state index is 0.0296. The van der Waals surface area contributed by atoms with Crippen LogP contribution in [0.3, 0.4) is 0 Å². The van der Waals surface area contributed by atoms with Crippen molar-refractivity contribution in [2.75, 3.05) is 18.8 Å². The van der Waals surface area contributed by atoms with Crippen LogP contribution in [-0.2, 0) is 10.0 Å². The van der Waals surface area contributed by atoms with Crippen molar-refractivity contribution >= 4 is 21.7 Å². The van der Waals surface area contributed by atoms with E-state index < -0.39 is 16.0 Å². The quantitative estimate of drug-likeness (QED) is 0.747. The summed E-state index contributed by atoms with van der Waals surface area (Å²) in [6, 6.07) is 3.67. The number of carboxylic acids is 1. The fourth-order valence-corrected chi connectivity index (χ4v) is 3.42. The van der Waals surface area contributed by atoms with Gasteiger partial charge in [0.25, 0.3) is 0 Å². The van der Waals surface area contributed by atoms with Crippen molar-refractivity contribution in [3.63, 3.8) is 0 Å². The predicted octanol–water partition coefficient (Wildman–Crippen LogP) is 1.78. The lowest BCUT2D eigenvalue weighted by molar-refractivity contribution is 0.0697. The normalized spacial score (nSPS) is 11.8. The van der Waals surface area contributed by atoms with Gasteiger partial charge in [0.1, 0.15) is 4.90 Å². The van der Waals surface area contributed by atoms with E-state index in [1.54, 1.807) is 6.92 Å². The van der Waals surface area contributed by atoms with Crippen molar-refractivity contribution in [2.45, 2.75) is 31.6 Å². The molecule has 0 unspecified atom stereocenters. The number of unbranched alkanes of at least 4 members (excludes halogenated alkanes) is 1. The van der Waals surface area contributed by atoms with Crippen LogP contribution >= 0.6 is 0 Å². The number of hydrogen-bond acceptors (Lipinski definition) is 4. The molecule has 0 aliphatic carbocycles. The molecule has 1 aromatic rings. The van der Waals surface area contributed by atoms with Gasteiger partial charge < -0.3 is 10.8 Å². The number of sulfonamides is 1. The lowest BCUT2D eigenvalue weighted by atomic mass is 10.2. The average Bonchev–Trinajstić information content (AvgIpc) is 2.38. The SMILES string of the molecule is CCCCN(CC)S(=O)(=O)c1ccc(C(=O)O)cc1N. The van der Waals surface area contributed by atoms with E-state index in [2.05, 4.69) is 0 Å². The fourth-order valence-electron chi connectivity index (χ4n) is 1.84. The Labute approximate surface area is 119 Å². The zero-order chi connectivity index (χ0) is 15.3. The molecule has 0 aliphatic heterocycles. The Hall–Kier alpha value is -1.60. The molecule has 0 atom stereocenters. The summed E-state index contributed by atoms with van der Waals surface area (Å²) in [6.07, 6.45) is 1.65. The van der Waals surface area contributed by atoms with Gasteiger partial charge in [-0.3, -0.25) is 0 Å². The van der Waals surface area contributed by atoms with Gasteiger partial charge in [-0.2, -0.15) is 4.31 Å². The smallest absolute Gasteiger partial charge is 0.335 e. The van der Waals surface area contributed by atoms with Crippen molar-refractivity contribution in [1.29, 1.82) is 0 Å². The summed E-state index contributed by atoms with van der Waals surface area (Å²) in [5, 5.41) is 8.86. The van der Waals surface area contributed by atoms with Crippen molar-refractivity contribution < 1.29 is 18.3 Å². The lowest BCUT2D eigenvalue weighted by Crippen LogP contribution is -2.32. The Morgan fingerprint density at radius 1 is 1.35 bits per heavy atom. The summed E-state index contributed by atoms with van der Waals surface area (Å²) in [7, 11) is -3.68. The maximum Gasteiger partial charge on any atom is 0.335 e. The third-order valence-electron chi connectivity index (χ3n) is 2.99. The fraction of sp³-hybridized carbons (Fsp3) is 0.462. The standard InChI is InChI=1S/C13H20N2O4S/c1-3-5-8-15(4-2)20(18,19)12-7-6-10(13(16)17)9-11(12)14/h6-7,9H,3-5,8,14H2,1-2H3,(H,16,17). The van der Waals surface area contributed by atoms with E-state index in [1.807, 2.05) is 6.92 Å². The molecular weight excluding hydrogens is 280 g/mol. The molecule has 0 aromatic heterocycles. The molecule has 1 rings (SSSR count). The minimum atomic E-state index is -3.68. The molecule has 0 radical (unpaired) electrons. The van der Waals surface area contributed by atoms with E-state index in [9.17, 15) is 13.2 Å². The average molecular weight is 300 g/mol. The van der Waals surface area contributed by atoms with Gasteiger partial charge in [0.15, 0.2) is 0 Å². The highest BCUT2D eigenvalue weighted by Crippen LogP contribution is 2.24. The second-order valence-electron chi connectivity index (χ2n) is 4.41. The largest absolute Gasteiger partial charge is 0.478 e. The second kappa shape index (κ2) is 6.71. The third kappa shape index (κ3) is 3.49. The van der Waals surface area contributed by atoms with Crippen LogP contribution in [-0.4, -0.2) is 36.9 Å². The first kappa shape index (κ1) is 16.5. The zero-order valence-electron chi connectivity index (χ0n) is 11.7. The molecule has 6 nitrogen and oxygen atoms in total. The van der Waals surface area contributed by atoms with Gasteiger partial charge in [0, 0.05) is 13.1 Å². The maximum absolute atomic E-state index is 12.5. The number of benzene rings is 1. The van der Waals surface area contributed by atoms with E-state index in [1.165, 1.54) is 22.5 Å². The Kier molecular flexibility index (Phi) is 5.52. The number of nitrogens with zero attached hydrogens (tertiary/aromatic N) is 1. The van der Waals surface area contributed by atoms with Gasteiger partial charge in [-0.1, -0.05) is 20.3 Å². The van der Waals surface area contributed by atoms with E-state index >= 15 is 0 Å².